The quantitative estimate of drug-likeness (QED) is 0.300. The monoisotopic (exact) mass is 251 g/mol. The molecular formula is C9H17NO7. The van der Waals surface area contributed by atoms with Crippen molar-refractivity contribution in [2.75, 3.05) is 13.7 Å². The van der Waals surface area contributed by atoms with Crippen molar-refractivity contribution in [2.45, 2.75) is 36.6 Å². The fraction of sp³-hybridized carbons (Fsp3) is 0.889. The molecule has 0 aromatic carbocycles. The Hall–Kier alpha value is -0.770. The molecule has 2 unspecified atom stereocenters. The van der Waals surface area contributed by atoms with Crippen molar-refractivity contribution in [1.82, 2.24) is 5.32 Å². The second-order valence-electron chi connectivity index (χ2n) is 3.85. The number of nitrogens with one attached hydrogen (secondary N) is 1. The first kappa shape index (κ1) is 14.3. The summed E-state index contributed by atoms with van der Waals surface area (Å²) in [7, 11) is 1.29. The molecule has 0 spiro atoms. The number of aliphatic hydroxyl groups excluding tert-OH is 5. The maximum absolute atomic E-state index is 11.2. The van der Waals surface area contributed by atoms with E-state index in [2.05, 4.69) is 5.32 Å². The summed E-state index contributed by atoms with van der Waals surface area (Å²) in [4.78, 5) is 11.2. The van der Waals surface area contributed by atoms with Crippen molar-refractivity contribution in [2.24, 2.45) is 0 Å². The number of hydrogen-bond acceptors (Lipinski definition) is 7. The fourth-order valence-corrected chi connectivity index (χ4v) is 1.69. The molecule has 6 atom stereocenters. The highest BCUT2D eigenvalue weighted by atomic mass is 16.6. The number of ether oxygens (including phenoxy) is 1. The topological polar surface area (TPSA) is 139 Å². The van der Waals surface area contributed by atoms with E-state index in [1.165, 1.54) is 7.05 Å². The molecule has 1 heterocycles. The van der Waals surface area contributed by atoms with Gasteiger partial charge in [-0.3, -0.25) is 4.79 Å². The van der Waals surface area contributed by atoms with E-state index in [0.717, 1.165) is 0 Å². The van der Waals surface area contributed by atoms with Gasteiger partial charge in [0.25, 0.3) is 5.91 Å². The molecular weight excluding hydrogens is 234 g/mol. The molecule has 1 rings (SSSR count). The van der Waals surface area contributed by atoms with Crippen molar-refractivity contribution < 1.29 is 35.1 Å². The van der Waals surface area contributed by atoms with Gasteiger partial charge in [0.15, 0.2) is 6.10 Å². The largest absolute Gasteiger partial charge is 0.394 e. The van der Waals surface area contributed by atoms with E-state index in [1.54, 1.807) is 0 Å². The smallest absolute Gasteiger partial charge is 0.251 e. The first-order valence-corrected chi connectivity index (χ1v) is 5.14. The standard InChI is InChI=1S/C9H17NO7/c1-10-9(16)7(15)8-6(14)5(13)4(12)3(2-11)17-8/h3-8,11-15H,2H2,1H3,(H,10,16)/t3-,4-,5+,6-,7?,8?/m1/s1. The summed E-state index contributed by atoms with van der Waals surface area (Å²) in [6, 6.07) is 0. The number of hydrogen-bond donors (Lipinski definition) is 6. The summed E-state index contributed by atoms with van der Waals surface area (Å²) in [6.07, 6.45) is -9.00. The zero-order valence-corrected chi connectivity index (χ0v) is 9.22. The molecule has 17 heavy (non-hydrogen) atoms. The third-order valence-corrected chi connectivity index (χ3v) is 2.76. The van der Waals surface area contributed by atoms with E-state index in [4.69, 9.17) is 9.84 Å². The maximum Gasteiger partial charge on any atom is 0.251 e. The van der Waals surface area contributed by atoms with Crippen LogP contribution in [0.1, 0.15) is 0 Å². The lowest BCUT2D eigenvalue weighted by atomic mass is 9.92. The molecule has 0 bridgehead atoms. The molecule has 1 fully saturated rings. The van der Waals surface area contributed by atoms with Gasteiger partial charge in [-0.1, -0.05) is 0 Å². The van der Waals surface area contributed by atoms with Crippen LogP contribution in [0.2, 0.25) is 0 Å². The Morgan fingerprint density at radius 3 is 2.35 bits per heavy atom. The SMILES string of the molecule is CNC(=O)C(O)C1O[C@H](CO)[C@@H](O)[C@H](O)[C@H]1O. The van der Waals surface area contributed by atoms with Crippen LogP contribution >= 0.6 is 0 Å². The van der Waals surface area contributed by atoms with E-state index in [0.29, 0.717) is 0 Å². The Balaban J connectivity index is 2.81. The van der Waals surface area contributed by atoms with Crippen molar-refractivity contribution >= 4 is 5.91 Å². The third-order valence-electron chi connectivity index (χ3n) is 2.76. The Bertz CT molecular complexity index is 272. The van der Waals surface area contributed by atoms with Gasteiger partial charge in [-0.15, -0.1) is 0 Å². The molecule has 1 amide bonds. The van der Waals surface area contributed by atoms with Gasteiger partial charge < -0.3 is 35.6 Å². The zero-order valence-electron chi connectivity index (χ0n) is 9.22. The van der Waals surface area contributed by atoms with Crippen LogP contribution in [-0.4, -0.2) is 81.7 Å². The van der Waals surface area contributed by atoms with Gasteiger partial charge in [-0.2, -0.15) is 0 Å². The number of carbonyl (C=O) groups is 1. The molecule has 100 valence electrons. The van der Waals surface area contributed by atoms with E-state index in [9.17, 15) is 25.2 Å². The predicted molar refractivity (Wildman–Crippen MR) is 53.8 cm³/mol. The number of amides is 1. The van der Waals surface area contributed by atoms with Gasteiger partial charge in [0.05, 0.1) is 6.61 Å². The maximum atomic E-state index is 11.2. The molecule has 0 aliphatic carbocycles. The molecule has 0 radical (unpaired) electrons. The molecule has 6 N–H and O–H groups in total. The zero-order chi connectivity index (χ0) is 13.2. The molecule has 0 saturated carbocycles. The lowest BCUT2D eigenvalue weighted by Gasteiger charge is -2.41. The van der Waals surface area contributed by atoms with Gasteiger partial charge in [-0.25, -0.2) is 0 Å². The molecule has 1 saturated heterocycles. The molecule has 1 aliphatic rings. The van der Waals surface area contributed by atoms with Crippen molar-refractivity contribution in [3.63, 3.8) is 0 Å². The van der Waals surface area contributed by atoms with Crippen LogP contribution in [0.25, 0.3) is 0 Å². The number of aliphatic hydroxyl groups is 5. The van der Waals surface area contributed by atoms with Crippen LogP contribution in [-0.2, 0) is 9.53 Å². The molecule has 0 aromatic rings. The molecule has 0 aromatic heterocycles. The average Bonchev–Trinajstić information content (AvgIpc) is 2.34. The van der Waals surface area contributed by atoms with Crippen molar-refractivity contribution in [3.8, 4) is 0 Å². The highest BCUT2D eigenvalue weighted by Crippen LogP contribution is 2.23. The highest BCUT2D eigenvalue weighted by molar-refractivity contribution is 5.80. The minimum absolute atomic E-state index is 0.609. The van der Waals surface area contributed by atoms with Gasteiger partial charge >= 0.3 is 0 Å². The van der Waals surface area contributed by atoms with Crippen LogP contribution in [0.3, 0.4) is 0 Å². The van der Waals surface area contributed by atoms with E-state index < -0.39 is 49.1 Å². The van der Waals surface area contributed by atoms with Crippen LogP contribution in [0.4, 0.5) is 0 Å². The van der Waals surface area contributed by atoms with Gasteiger partial charge in [0.1, 0.15) is 30.5 Å². The third kappa shape index (κ3) is 2.73. The first-order valence-electron chi connectivity index (χ1n) is 5.14. The Morgan fingerprint density at radius 1 is 1.29 bits per heavy atom. The Kier molecular flexibility index (Phi) is 4.80. The van der Waals surface area contributed by atoms with Gasteiger partial charge in [0, 0.05) is 7.05 Å². The summed E-state index contributed by atoms with van der Waals surface area (Å²) < 4.78 is 4.99. The normalized spacial score (nSPS) is 39.8. The number of carbonyl (C=O) groups excluding carboxylic acids is 1. The van der Waals surface area contributed by atoms with Crippen molar-refractivity contribution in [3.05, 3.63) is 0 Å². The van der Waals surface area contributed by atoms with Crippen LogP contribution in [0.5, 0.6) is 0 Å². The average molecular weight is 251 g/mol. The summed E-state index contributed by atoms with van der Waals surface area (Å²) >= 11 is 0. The van der Waals surface area contributed by atoms with Crippen LogP contribution in [0, 0.1) is 0 Å². The number of likely N-dealkylation sites (N-methyl/N-ethyl adjacent to an activating group) is 1. The molecule has 8 nitrogen and oxygen atoms in total. The summed E-state index contributed by atoms with van der Waals surface area (Å²) in [5, 5.41) is 49.1. The molecule has 1 aliphatic heterocycles. The Labute approximate surface area is 97.4 Å². The fourth-order valence-electron chi connectivity index (χ4n) is 1.69. The predicted octanol–water partition coefficient (Wildman–Crippen LogP) is -4.06. The van der Waals surface area contributed by atoms with E-state index in [1.807, 2.05) is 0 Å². The summed E-state index contributed by atoms with van der Waals surface area (Å²) in [6.45, 7) is -0.609. The second kappa shape index (κ2) is 5.71. The number of rotatable bonds is 3. The van der Waals surface area contributed by atoms with Crippen LogP contribution in [0.15, 0.2) is 0 Å². The minimum atomic E-state index is -1.70. The van der Waals surface area contributed by atoms with Gasteiger partial charge in [-0.05, 0) is 0 Å². The van der Waals surface area contributed by atoms with Crippen molar-refractivity contribution in [1.29, 1.82) is 0 Å². The lowest BCUT2D eigenvalue weighted by molar-refractivity contribution is -0.247. The van der Waals surface area contributed by atoms with E-state index >= 15 is 0 Å². The summed E-state index contributed by atoms with van der Waals surface area (Å²) in [5.74, 6) is -0.797. The molecule has 8 heteroatoms. The van der Waals surface area contributed by atoms with E-state index in [-0.39, 0.29) is 0 Å². The summed E-state index contributed by atoms with van der Waals surface area (Å²) in [5.41, 5.74) is 0. The lowest BCUT2D eigenvalue weighted by Crippen LogP contribution is -2.63. The minimum Gasteiger partial charge on any atom is -0.394 e. The Morgan fingerprint density at radius 2 is 1.88 bits per heavy atom. The highest BCUT2D eigenvalue weighted by Gasteiger charge is 2.47. The first-order chi connectivity index (χ1) is 7.93. The van der Waals surface area contributed by atoms with Crippen LogP contribution < -0.4 is 5.32 Å². The second-order valence-corrected chi connectivity index (χ2v) is 3.85. The van der Waals surface area contributed by atoms with Gasteiger partial charge in [0.2, 0.25) is 0 Å².